The Labute approximate surface area is 170 Å². The highest BCUT2D eigenvalue weighted by Crippen LogP contribution is 2.34. The molecule has 5 nitrogen and oxygen atoms in total. The van der Waals surface area contributed by atoms with Gasteiger partial charge in [-0.2, -0.15) is 0 Å². The van der Waals surface area contributed by atoms with E-state index in [0.717, 1.165) is 30.4 Å². The zero-order valence-electron chi connectivity index (χ0n) is 17.2. The molecule has 28 heavy (non-hydrogen) atoms. The van der Waals surface area contributed by atoms with Gasteiger partial charge >= 0.3 is 5.97 Å². The van der Waals surface area contributed by atoms with Gasteiger partial charge in [0.1, 0.15) is 12.3 Å². The zero-order valence-corrected chi connectivity index (χ0v) is 18.1. The summed E-state index contributed by atoms with van der Waals surface area (Å²) in [5.41, 5.74) is 3.04. The van der Waals surface area contributed by atoms with Gasteiger partial charge in [0.2, 0.25) is 0 Å². The van der Waals surface area contributed by atoms with Gasteiger partial charge in [0.25, 0.3) is 5.91 Å². The molecule has 1 N–H and O–H groups in total. The van der Waals surface area contributed by atoms with Crippen LogP contribution in [0.25, 0.3) is 0 Å². The predicted octanol–water partition coefficient (Wildman–Crippen LogP) is 4.44. The summed E-state index contributed by atoms with van der Waals surface area (Å²) >= 11 is 1.52. The number of phenolic OH excluding ortho intramolecular Hbond substituents is 1. The molecule has 1 aromatic heterocycles. The minimum Gasteiger partial charge on any atom is -0.508 e. The van der Waals surface area contributed by atoms with Crippen LogP contribution in [0.15, 0.2) is 24.3 Å². The molecule has 1 heterocycles. The maximum atomic E-state index is 12.7. The van der Waals surface area contributed by atoms with Crippen molar-refractivity contribution in [3.05, 3.63) is 50.7 Å². The van der Waals surface area contributed by atoms with E-state index >= 15 is 0 Å². The summed E-state index contributed by atoms with van der Waals surface area (Å²) in [4.78, 5) is 27.4. The molecule has 0 bridgehead atoms. The fraction of sp³-hybridized carbons (Fsp3) is 0.455. The molecule has 0 radical (unpaired) electrons. The highest BCUT2D eigenvalue weighted by Gasteiger charge is 2.22. The molecule has 0 saturated carbocycles. The van der Waals surface area contributed by atoms with E-state index in [1.165, 1.54) is 33.8 Å². The number of phenols is 1. The molecule has 0 aliphatic rings. The molecule has 1 amide bonds. The molecule has 1 aromatic carbocycles. The summed E-state index contributed by atoms with van der Waals surface area (Å²) in [5.74, 6) is 0.109. The van der Waals surface area contributed by atoms with E-state index in [4.69, 9.17) is 0 Å². The number of methoxy groups -OCH3 is 1. The lowest BCUT2D eigenvalue weighted by Gasteiger charge is -2.15. The molecule has 0 saturated heterocycles. The van der Waals surface area contributed by atoms with Crippen molar-refractivity contribution in [1.29, 1.82) is 0 Å². The van der Waals surface area contributed by atoms with E-state index in [1.54, 1.807) is 13.1 Å². The number of aryl methyl sites for hydroxylation is 3. The molecule has 2 rings (SSSR count). The lowest BCUT2D eigenvalue weighted by atomic mass is 9.94. The number of esters is 1. The molecule has 0 fully saturated rings. The number of ether oxygens (including phenoxy) is 1. The third-order valence-corrected chi connectivity index (χ3v) is 6.40. The Balaban J connectivity index is 2.10. The molecule has 0 aliphatic carbocycles. The molecule has 1 unspecified atom stereocenters. The van der Waals surface area contributed by atoms with Crippen molar-refractivity contribution in [3.8, 4) is 5.75 Å². The zero-order chi connectivity index (χ0) is 20.8. The number of likely N-dealkylation sites (N-methyl/N-ethyl adjacent to an activating group) is 1. The average Bonchev–Trinajstić information content (AvgIpc) is 3.05. The van der Waals surface area contributed by atoms with Gasteiger partial charge in [0, 0.05) is 11.9 Å². The highest BCUT2D eigenvalue weighted by atomic mass is 32.1. The first kappa shape index (κ1) is 22.0. The summed E-state index contributed by atoms with van der Waals surface area (Å²) in [7, 11) is 2.93. The van der Waals surface area contributed by atoms with Crippen molar-refractivity contribution in [2.75, 3.05) is 20.7 Å². The van der Waals surface area contributed by atoms with Crippen LogP contribution in [0.1, 0.15) is 56.9 Å². The lowest BCUT2D eigenvalue weighted by molar-refractivity contribution is -0.141. The topological polar surface area (TPSA) is 66.8 Å². The summed E-state index contributed by atoms with van der Waals surface area (Å²) in [6.07, 6.45) is 2.89. The van der Waals surface area contributed by atoms with Crippen LogP contribution in [-0.2, 0) is 16.0 Å². The monoisotopic (exact) mass is 403 g/mol. The fourth-order valence-corrected chi connectivity index (χ4v) is 4.57. The summed E-state index contributed by atoms with van der Waals surface area (Å²) in [6, 6.07) is 7.83. The van der Waals surface area contributed by atoms with Gasteiger partial charge in [-0.3, -0.25) is 9.59 Å². The Morgan fingerprint density at radius 3 is 2.54 bits per heavy atom. The van der Waals surface area contributed by atoms with Crippen LogP contribution in [0, 0.1) is 13.8 Å². The first-order valence-corrected chi connectivity index (χ1v) is 10.3. The summed E-state index contributed by atoms with van der Waals surface area (Å²) in [5, 5.41) is 9.68. The Kier molecular flexibility index (Phi) is 7.63. The smallest absolute Gasteiger partial charge is 0.325 e. The second kappa shape index (κ2) is 9.73. The van der Waals surface area contributed by atoms with Gasteiger partial charge in [-0.05, 0) is 67.9 Å². The van der Waals surface area contributed by atoms with Crippen LogP contribution in [0.5, 0.6) is 5.75 Å². The molecule has 0 aliphatic heterocycles. The number of aromatic hydroxyl groups is 1. The van der Waals surface area contributed by atoms with E-state index in [9.17, 15) is 14.7 Å². The molecule has 0 spiro atoms. The van der Waals surface area contributed by atoms with Crippen LogP contribution in [0.4, 0.5) is 0 Å². The van der Waals surface area contributed by atoms with Gasteiger partial charge in [-0.25, -0.2) is 0 Å². The van der Waals surface area contributed by atoms with E-state index in [2.05, 4.69) is 17.7 Å². The average molecular weight is 404 g/mol. The maximum absolute atomic E-state index is 12.7. The number of carbonyl (C=O) groups excluding carboxylic acids is 2. The summed E-state index contributed by atoms with van der Waals surface area (Å²) in [6.45, 7) is 5.95. The lowest BCUT2D eigenvalue weighted by Crippen LogP contribution is -2.32. The van der Waals surface area contributed by atoms with Crippen molar-refractivity contribution in [2.24, 2.45) is 0 Å². The van der Waals surface area contributed by atoms with Crippen LogP contribution < -0.4 is 0 Å². The van der Waals surface area contributed by atoms with E-state index < -0.39 is 5.97 Å². The first-order chi connectivity index (χ1) is 13.3. The number of rotatable bonds is 8. The van der Waals surface area contributed by atoms with Gasteiger partial charge < -0.3 is 14.7 Å². The van der Waals surface area contributed by atoms with Crippen LogP contribution in [0.3, 0.4) is 0 Å². The normalized spacial score (nSPS) is 11.9. The maximum Gasteiger partial charge on any atom is 0.325 e. The molecule has 152 valence electrons. The molecular weight excluding hydrogens is 374 g/mol. The van der Waals surface area contributed by atoms with Crippen LogP contribution in [-0.4, -0.2) is 42.6 Å². The van der Waals surface area contributed by atoms with Gasteiger partial charge in [0.15, 0.2) is 0 Å². The van der Waals surface area contributed by atoms with Crippen molar-refractivity contribution in [3.63, 3.8) is 0 Å². The SMILES string of the molecule is CCC(CCc1ccc(O)c(C)c1)c1cc(C)c(C(=O)N(C)CC(=O)OC)s1. The number of hydrogen-bond donors (Lipinski definition) is 1. The molecule has 6 heteroatoms. The van der Waals surface area contributed by atoms with Crippen molar-refractivity contribution in [1.82, 2.24) is 4.90 Å². The van der Waals surface area contributed by atoms with E-state index in [1.807, 2.05) is 26.0 Å². The third kappa shape index (κ3) is 5.35. The Bertz CT molecular complexity index is 843. The van der Waals surface area contributed by atoms with Crippen molar-refractivity contribution in [2.45, 2.75) is 46.0 Å². The Morgan fingerprint density at radius 1 is 1.21 bits per heavy atom. The Morgan fingerprint density at radius 2 is 1.93 bits per heavy atom. The van der Waals surface area contributed by atoms with Gasteiger partial charge in [-0.1, -0.05) is 19.1 Å². The highest BCUT2D eigenvalue weighted by molar-refractivity contribution is 7.14. The quantitative estimate of drug-likeness (QED) is 0.662. The number of carbonyl (C=O) groups is 2. The van der Waals surface area contributed by atoms with Gasteiger partial charge in [-0.15, -0.1) is 11.3 Å². The van der Waals surface area contributed by atoms with Crippen LogP contribution >= 0.6 is 11.3 Å². The summed E-state index contributed by atoms with van der Waals surface area (Å²) < 4.78 is 4.64. The number of amides is 1. The minimum absolute atomic E-state index is 0.0561. The number of benzene rings is 1. The second-order valence-electron chi connectivity index (χ2n) is 7.16. The number of hydrogen-bond acceptors (Lipinski definition) is 5. The molecular formula is C22H29NO4S. The Hall–Kier alpha value is -2.34. The van der Waals surface area contributed by atoms with Crippen molar-refractivity contribution < 1.29 is 19.4 Å². The predicted molar refractivity (Wildman–Crippen MR) is 112 cm³/mol. The van der Waals surface area contributed by atoms with Crippen molar-refractivity contribution >= 4 is 23.2 Å². The standard InChI is InChI=1S/C22H29NO4S/c1-6-17(9-7-16-8-10-18(24)14(2)11-16)19-12-15(3)21(28-19)22(26)23(4)13-20(25)27-5/h8,10-12,17,24H,6-7,9,13H2,1-5H3. The fourth-order valence-electron chi connectivity index (χ4n) is 3.19. The number of thiophene rings is 1. The van der Waals surface area contributed by atoms with E-state index in [0.29, 0.717) is 16.5 Å². The van der Waals surface area contributed by atoms with Gasteiger partial charge in [0.05, 0.1) is 12.0 Å². The number of nitrogens with zero attached hydrogens (tertiary/aromatic N) is 1. The van der Waals surface area contributed by atoms with Crippen LogP contribution in [0.2, 0.25) is 0 Å². The minimum atomic E-state index is -0.430. The second-order valence-corrected chi connectivity index (χ2v) is 8.25. The first-order valence-electron chi connectivity index (χ1n) is 9.47. The molecule has 1 atom stereocenters. The van der Waals surface area contributed by atoms with E-state index in [-0.39, 0.29) is 12.5 Å². The molecule has 2 aromatic rings. The third-order valence-electron chi connectivity index (χ3n) is 5.01. The largest absolute Gasteiger partial charge is 0.508 e.